The number of fused-ring (bicyclic) bond motifs is 3. The number of aromatic amines is 1. The zero-order valence-electron chi connectivity index (χ0n) is 10.5. The van der Waals surface area contributed by atoms with E-state index in [1.807, 2.05) is 18.2 Å². The van der Waals surface area contributed by atoms with Crippen LogP contribution in [-0.4, -0.2) is 25.0 Å². The van der Waals surface area contributed by atoms with Crippen LogP contribution in [0.5, 0.6) is 5.75 Å². The summed E-state index contributed by atoms with van der Waals surface area (Å²) in [5, 5.41) is 3.90. The maximum Gasteiger partial charge on any atom is 0.223 e. The topological polar surface area (TPSA) is 54.1 Å². The summed E-state index contributed by atoms with van der Waals surface area (Å²) in [7, 11) is 3.36. The molecule has 1 heterocycles. The van der Waals surface area contributed by atoms with Crippen molar-refractivity contribution >= 4 is 16.8 Å². The molecule has 1 aromatic heterocycles. The lowest BCUT2D eigenvalue weighted by atomic mass is 10.0. The molecular formula is C14H16N2O2. The molecule has 18 heavy (non-hydrogen) atoms. The lowest BCUT2D eigenvalue weighted by Crippen LogP contribution is -2.27. The first-order chi connectivity index (χ1) is 8.72. The normalized spacial score (nSPS) is 17.8. The zero-order chi connectivity index (χ0) is 12.7. The number of ether oxygens (including phenoxy) is 1. The molecule has 1 amide bonds. The number of carbonyl (C=O) groups is 1. The van der Waals surface area contributed by atoms with Crippen molar-refractivity contribution < 1.29 is 9.53 Å². The van der Waals surface area contributed by atoms with Gasteiger partial charge >= 0.3 is 0 Å². The van der Waals surface area contributed by atoms with Crippen LogP contribution in [0.2, 0.25) is 0 Å². The lowest BCUT2D eigenvalue weighted by Gasteiger charge is -2.07. The SMILES string of the molecule is CNC(=O)C1Cc2[nH]c3ccc(OC)cc3c2C1. The summed E-state index contributed by atoms with van der Waals surface area (Å²) in [6, 6.07) is 6.02. The van der Waals surface area contributed by atoms with Crippen LogP contribution in [0.3, 0.4) is 0 Å². The van der Waals surface area contributed by atoms with Crippen LogP contribution in [0.4, 0.5) is 0 Å². The molecule has 1 aromatic carbocycles. The van der Waals surface area contributed by atoms with Gasteiger partial charge in [-0.1, -0.05) is 0 Å². The molecule has 0 saturated carbocycles. The standard InChI is InChI=1S/C14H16N2O2/c1-15-14(17)8-5-10-11-7-9(18-2)3-4-12(11)16-13(10)6-8/h3-4,7-8,16H,5-6H2,1-2H3,(H,15,17). The van der Waals surface area contributed by atoms with Gasteiger partial charge in [0.1, 0.15) is 5.75 Å². The first-order valence-electron chi connectivity index (χ1n) is 6.12. The quantitative estimate of drug-likeness (QED) is 0.843. The summed E-state index contributed by atoms with van der Waals surface area (Å²) >= 11 is 0. The molecule has 2 N–H and O–H groups in total. The van der Waals surface area contributed by atoms with Crippen LogP contribution in [-0.2, 0) is 17.6 Å². The van der Waals surface area contributed by atoms with E-state index in [4.69, 9.17) is 4.74 Å². The highest BCUT2D eigenvalue weighted by Gasteiger charge is 2.29. The minimum absolute atomic E-state index is 0.0619. The second-order valence-electron chi connectivity index (χ2n) is 4.71. The van der Waals surface area contributed by atoms with E-state index >= 15 is 0 Å². The predicted molar refractivity (Wildman–Crippen MR) is 69.8 cm³/mol. The van der Waals surface area contributed by atoms with Gasteiger partial charge in [0.25, 0.3) is 0 Å². The van der Waals surface area contributed by atoms with Crippen molar-refractivity contribution in [1.82, 2.24) is 10.3 Å². The fourth-order valence-corrected chi connectivity index (χ4v) is 2.77. The summed E-state index contributed by atoms with van der Waals surface area (Å²) in [5.74, 6) is 1.04. The molecule has 0 radical (unpaired) electrons. The number of aromatic nitrogens is 1. The van der Waals surface area contributed by atoms with Gasteiger partial charge in [-0.3, -0.25) is 4.79 Å². The van der Waals surface area contributed by atoms with Gasteiger partial charge in [0.2, 0.25) is 5.91 Å². The molecule has 3 rings (SSSR count). The Morgan fingerprint density at radius 2 is 2.28 bits per heavy atom. The number of rotatable bonds is 2. The molecule has 1 atom stereocenters. The molecule has 0 fully saturated rings. The van der Waals surface area contributed by atoms with E-state index in [1.165, 1.54) is 16.6 Å². The molecule has 2 aromatic rings. The van der Waals surface area contributed by atoms with Gasteiger partial charge in [-0.25, -0.2) is 0 Å². The summed E-state index contributed by atoms with van der Waals surface area (Å²) < 4.78 is 5.25. The van der Waals surface area contributed by atoms with Crippen LogP contribution in [0.15, 0.2) is 18.2 Å². The fourth-order valence-electron chi connectivity index (χ4n) is 2.77. The van der Waals surface area contributed by atoms with Gasteiger partial charge in [-0.15, -0.1) is 0 Å². The largest absolute Gasteiger partial charge is 0.497 e. The van der Waals surface area contributed by atoms with Crippen LogP contribution in [0.25, 0.3) is 10.9 Å². The van der Waals surface area contributed by atoms with Crippen LogP contribution < -0.4 is 10.1 Å². The van der Waals surface area contributed by atoms with E-state index in [9.17, 15) is 4.79 Å². The predicted octanol–water partition coefficient (Wildman–Crippen LogP) is 1.64. The summed E-state index contributed by atoms with van der Waals surface area (Å²) in [4.78, 5) is 15.1. The molecule has 4 nitrogen and oxygen atoms in total. The number of hydrogen-bond acceptors (Lipinski definition) is 2. The Labute approximate surface area is 105 Å². The minimum Gasteiger partial charge on any atom is -0.497 e. The van der Waals surface area contributed by atoms with E-state index in [1.54, 1.807) is 14.2 Å². The Bertz CT molecular complexity index is 616. The van der Waals surface area contributed by atoms with E-state index < -0.39 is 0 Å². The van der Waals surface area contributed by atoms with Gasteiger partial charge in [0.15, 0.2) is 0 Å². The Morgan fingerprint density at radius 3 is 3.00 bits per heavy atom. The van der Waals surface area contributed by atoms with Crippen molar-refractivity contribution in [3.05, 3.63) is 29.5 Å². The average molecular weight is 244 g/mol. The van der Waals surface area contributed by atoms with Gasteiger partial charge in [0, 0.05) is 29.6 Å². The molecule has 4 heteroatoms. The monoisotopic (exact) mass is 244 g/mol. The molecule has 0 saturated heterocycles. The molecule has 94 valence electrons. The van der Waals surface area contributed by atoms with Crippen molar-refractivity contribution in [2.75, 3.05) is 14.2 Å². The molecule has 0 aliphatic heterocycles. The highest BCUT2D eigenvalue weighted by atomic mass is 16.5. The molecular weight excluding hydrogens is 228 g/mol. The van der Waals surface area contributed by atoms with Crippen LogP contribution >= 0.6 is 0 Å². The highest BCUT2D eigenvalue weighted by molar-refractivity contribution is 5.89. The van der Waals surface area contributed by atoms with Crippen molar-refractivity contribution in [2.45, 2.75) is 12.8 Å². The van der Waals surface area contributed by atoms with E-state index in [2.05, 4.69) is 10.3 Å². The Morgan fingerprint density at radius 1 is 1.44 bits per heavy atom. The highest BCUT2D eigenvalue weighted by Crippen LogP contribution is 2.34. The minimum atomic E-state index is 0.0619. The third kappa shape index (κ3) is 1.56. The van der Waals surface area contributed by atoms with E-state index in [-0.39, 0.29) is 11.8 Å². The number of H-pyrrole nitrogens is 1. The smallest absolute Gasteiger partial charge is 0.223 e. The third-order valence-corrected chi connectivity index (χ3v) is 3.72. The van der Waals surface area contributed by atoms with Gasteiger partial charge in [0.05, 0.1) is 7.11 Å². The first kappa shape index (κ1) is 11.1. The van der Waals surface area contributed by atoms with Crippen LogP contribution in [0, 0.1) is 5.92 Å². The van der Waals surface area contributed by atoms with Gasteiger partial charge < -0.3 is 15.0 Å². The number of benzene rings is 1. The molecule has 1 unspecified atom stereocenters. The maximum atomic E-state index is 11.7. The maximum absolute atomic E-state index is 11.7. The van der Waals surface area contributed by atoms with Gasteiger partial charge in [-0.05, 0) is 36.6 Å². The van der Waals surface area contributed by atoms with Crippen molar-refractivity contribution in [1.29, 1.82) is 0 Å². The van der Waals surface area contributed by atoms with Gasteiger partial charge in [-0.2, -0.15) is 0 Å². The number of nitrogens with one attached hydrogen (secondary N) is 2. The number of amides is 1. The van der Waals surface area contributed by atoms with E-state index in [0.29, 0.717) is 0 Å². The lowest BCUT2D eigenvalue weighted by molar-refractivity contribution is -0.124. The molecule has 1 aliphatic carbocycles. The summed E-state index contributed by atoms with van der Waals surface area (Å²) in [6.07, 6.45) is 1.61. The van der Waals surface area contributed by atoms with Crippen molar-refractivity contribution in [3.63, 3.8) is 0 Å². The third-order valence-electron chi connectivity index (χ3n) is 3.72. The molecule has 0 bridgehead atoms. The van der Waals surface area contributed by atoms with E-state index in [0.717, 1.165) is 24.1 Å². The number of methoxy groups -OCH3 is 1. The summed E-state index contributed by atoms with van der Waals surface area (Å²) in [5.41, 5.74) is 3.57. The average Bonchev–Trinajstić information content (AvgIpc) is 2.94. The summed E-state index contributed by atoms with van der Waals surface area (Å²) in [6.45, 7) is 0. The van der Waals surface area contributed by atoms with Crippen molar-refractivity contribution in [2.24, 2.45) is 5.92 Å². The van der Waals surface area contributed by atoms with Crippen molar-refractivity contribution in [3.8, 4) is 5.75 Å². The first-order valence-corrected chi connectivity index (χ1v) is 6.12. The molecule has 0 spiro atoms. The zero-order valence-corrected chi connectivity index (χ0v) is 10.5. The van der Waals surface area contributed by atoms with Crippen LogP contribution in [0.1, 0.15) is 11.3 Å². The Balaban J connectivity index is 2.02. The number of carbonyl (C=O) groups excluding carboxylic acids is 1. The Hall–Kier alpha value is -1.97. The Kier molecular flexibility index (Phi) is 2.51. The number of hydrogen-bond donors (Lipinski definition) is 2. The second-order valence-corrected chi connectivity index (χ2v) is 4.71. The fraction of sp³-hybridized carbons (Fsp3) is 0.357. The molecule has 1 aliphatic rings. The second kappa shape index (κ2) is 4.05.